The van der Waals surface area contributed by atoms with E-state index < -0.39 is 0 Å². The minimum atomic E-state index is 0.853. The topological polar surface area (TPSA) is 24.1 Å². The molecule has 3 heteroatoms. The molecule has 2 heterocycles. The Labute approximate surface area is 69.9 Å². The molecular formula is C8H10N2S. The van der Waals surface area contributed by atoms with Crippen molar-refractivity contribution < 1.29 is 0 Å². The second-order valence-electron chi connectivity index (χ2n) is 2.53. The molecule has 0 saturated carbocycles. The molecule has 0 amide bonds. The van der Waals surface area contributed by atoms with Gasteiger partial charge in [0.15, 0.2) is 0 Å². The van der Waals surface area contributed by atoms with Crippen LogP contribution in [0, 0.1) is 6.92 Å². The van der Waals surface area contributed by atoms with Crippen LogP contribution in [0.1, 0.15) is 9.75 Å². The second kappa shape index (κ2) is 2.58. The summed E-state index contributed by atoms with van der Waals surface area (Å²) in [6, 6.07) is 4.28. The van der Waals surface area contributed by atoms with Crippen LogP contribution in [0.4, 0.5) is 0 Å². The van der Waals surface area contributed by atoms with Crippen LogP contribution < -0.4 is 10.6 Å². The van der Waals surface area contributed by atoms with Gasteiger partial charge in [0.25, 0.3) is 0 Å². The summed E-state index contributed by atoms with van der Waals surface area (Å²) in [7, 11) is 0. The van der Waals surface area contributed by atoms with E-state index in [1.54, 1.807) is 0 Å². The molecule has 2 rings (SSSR count). The molecule has 1 aliphatic heterocycles. The average molecular weight is 166 g/mol. The molecule has 0 atom stereocenters. The van der Waals surface area contributed by atoms with Gasteiger partial charge in [-0.3, -0.25) is 0 Å². The van der Waals surface area contributed by atoms with Gasteiger partial charge >= 0.3 is 0 Å². The Morgan fingerprint density at radius 2 is 2.36 bits per heavy atom. The van der Waals surface area contributed by atoms with Crippen molar-refractivity contribution in [1.29, 1.82) is 0 Å². The van der Waals surface area contributed by atoms with Gasteiger partial charge in [-0.2, -0.15) is 0 Å². The van der Waals surface area contributed by atoms with Gasteiger partial charge < -0.3 is 10.6 Å². The van der Waals surface area contributed by atoms with Crippen molar-refractivity contribution in [3.63, 3.8) is 0 Å². The normalized spacial score (nSPS) is 15.5. The van der Waals surface area contributed by atoms with E-state index in [4.69, 9.17) is 0 Å². The quantitative estimate of drug-likeness (QED) is 0.660. The summed E-state index contributed by atoms with van der Waals surface area (Å²) < 4.78 is 0. The fraction of sp³-hybridized carbons (Fsp3) is 0.250. The first-order valence-corrected chi connectivity index (χ1v) is 4.42. The van der Waals surface area contributed by atoms with Crippen LogP contribution in [0.3, 0.4) is 0 Å². The first kappa shape index (κ1) is 6.73. The smallest absolute Gasteiger partial charge is 0.0846 e. The summed E-state index contributed by atoms with van der Waals surface area (Å²) >= 11 is 1.81. The third-order valence-electron chi connectivity index (χ3n) is 1.63. The molecule has 0 aromatic carbocycles. The summed E-state index contributed by atoms with van der Waals surface area (Å²) in [5, 5.41) is 6.36. The standard InChI is InChI=1S/C8H10N2S/c1-6-2-3-8(11-6)7-4-9-5-10-7/h2-4,9-10H,5H2,1H3. The molecule has 11 heavy (non-hydrogen) atoms. The van der Waals surface area contributed by atoms with Gasteiger partial charge in [0.1, 0.15) is 0 Å². The zero-order chi connectivity index (χ0) is 7.68. The monoisotopic (exact) mass is 166 g/mol. The fourth-order valence-electron chi connectivity index (χ4n) is 1.09. The zero-order valence-corrected chi connectivity index (χ0v) is 7.16. The van der Waals surface area contributed by atoms with Gasteiger partial charge in [-0.15, -0.1) is 11.3 Å². The van der Waals surface area contributed by atoms with E-state index in [1.807, 2.05) is 17.5 Å². The van der Waals surface area contributed by atoms with E-state index in [-0.39, 0.29) is 0 Å². The largest absolute Gasteiger partial charge is 0.372 e. The Morgan fingerprint density at radius 1 is 1.45 bits per heavy atom. The van der Waals surface area contributed by atoms with Gasteiger partial charge in [-0.1, -0.05) is 0 Å². The Hall–Kier alpha value is -0.960. The Kier molecular flexibility index (Phi) is 1.58. The highest BCUT2D eigenvalue weighted by Gasteiger charge is 2.06. The number of hydrogen-bond acceptors (Lipinski definition) is 3. The summed E-state index contributed by atoms with van der Waals surface area (Å²) in [4.78, 5) is 2.67. The van der Waals surface area contributed by atoms with Crippen LogP contribution in [0.2, 0.25) is 0 Å². The van der Waals surface area contributed by atoms with Gasteiger partial charge in [-0.25, -0.2) is 0 Å². The van der Waals surface area contributed by atoms with Crippen molar-refractivity contribution in [3.05, 3.63) is 28.1 Å². The molecule has 1 aliphatic rings. The van der Waals surface area contributed by atoms with Crippen molar-refractivity contribution >= 4 is 17.0 Å². The summed E-state index contributed by atoms with van der Waals surface area (Å²) in [6.07, 6.45) is 2.02. The molecule has 0 fully saturated rings. The van der Waals surface area contributed by atoms with Crippen LogP contribution in [-0.2, 0) is 0 Å². The van der Waals surface area contributed by atoms with Crippen LogP contribution in [0.25, 0.3) is 5.70 Å². The van der Waals surface area contributed by atoms with E-state index >= 15 is 0 Å². The maximum atomic E-state index is 3.25. The highest BCUT2D eigenvalue weighted by atomic mass is 32.1. The molecule has 1 aromatic heterocycles. The van der Waals surface area contributed by atoms with Gasteiger partial charge in [0.05, 0.1) is 17.2 Å². The molecule has 1 aromatic rings. The predicted octanol–water partition coefficient (Wildman–Crippen LogP) is 1.51. The molecule has 2 N–H and O–H groups in total. The highest BCUT2D eigenvalue weighted by molar-refractivity contribution is 7.13. The van der Waals surface area contributed by atoms with Crippen molar-refractivity contribution in [2.45, 2.75) is 6.92 Å². The van der Waals surface area contributed by atoms with Crippen LogP contribution >= 0.6 is 11.3 Å². The molecule has 2 nitrogen and oxygen atoms in total. The van der Waals surface area contributed by atoms with E-state index in [0.717, 1.165) is 6.67 Å². The maximum Gasteiger partial charge on any atom is 0.0846 e. The lowest BCUT2D eigenvalue weighted by Crippen LogP contribution is -2.13. The van der Waals surface area contributed by atoms with Gasteiger partial charge in [0.2, 0.25) is 0 Å². The average Bonchev–Trinajstić information content (AvgIpc) is 2.55. The number of nitrogens with one attached hydrogen (secondary N) is 2. The first-order chi connectivity index (χ1) is 5.36. The second-order valence-corrected chi connectivity index (χ2v) is 3.81. The number of thiophene rings is 1. The molecule has 0 saturated heterocycles. The Morgan fingerprint density at radius 3 is 2.91 bits per heavy atom. The predicted molar refractivity (Wildman–Crippen MR) is 48.2 cm³/mol. The minimum absolute atomic E-state index is 0.853. The number of aryl methyl sites for hydroxylation is 1. The van der Waals surface area contributed by atoms with E-state index in [1.165, 1.54) is 15.5 Å². The van der Waals surface area contributed by atoms with Crippen molar-refractivity contribution in [3.8, 4) is 0 Å². The van der Waals surface area contributed by atoms with Crippen LogP contribution in [0.15, 0.2) is 18.3 Å². The third-order valence-corrected chi connectivity index (χ3v) is 2.67. The van der Waals surface area contributed by atoms with Gasteiger partial charge in [-0.05, 0) is 19.1 Å². The zero-order valence-electron chi connectivity index (χ0n) is 6.35. The van der Waals surface area contributed by atoms with Crippen LogP contribution in [0.5, 0.6) is 0 Å². The lowest BCUT2D eigenvalue weighted by atomic mass is 10.4. The summed E-state index contributed by atoms with van der Waals surface area (Å²) in [5.41, 5.74) is 1.21. The van der Waals surface area contributed by atoms with E-state index in [9.17, 15) is 0 Å². The van der Waals surface area contributed by atoms with Crippen molar-refractivity contribution in [1.82, 2.24) is 10.6 Å². The van der Waals surface area contributed by atoms with Crippen LogP contribution in [-0.4, -0.2) is 6.67 Å². The van der Waals surface area contributed by atoms with E-state index in [2.05, 4.69) is 29.7 Å². The molecule has 0 aliphatic carbocycles. The van der Waals surface area contributed by atoms with Gasteiger partial charge in [0, 0.05) is 11.1 Å². The molecule has 58 valence electrons. The lowest BCUT2D eigenvalue weighted by molar-refractivity contribution is 0.843. The molecule has 0 spiro atoms. The Balaban J connectivity index is 2.28. The molecule has 0 unspecified atom stereocenters. The number of rotatable bonds is 1. The SMILES string of the molecule is Cc1ccc(C2=CNCN2)s1. The van der Waals surface area contributed by atoms with E-state index in [0.29, 0.717) is 0 Å². The molecule has 0 radical (unpaired) electrons. The fourth-order valence-corrected chi connectivity index (χ4v) is 1.95. The minimum Gasteiger partial charge on any atom is -0.372 e. The third kappa shape index (κ3) is 1.24. The first-order valence-electron chi connectivity index (χ1n) is 3.60. The summed E-state index contributed by atoms with van der Waals surface area (Å²) in [5.74, 6) is 0. The lowest BCUT2D eigenvalue weighted by Gasteiger charge is -1.96. The maximum absolute atomic E-state index is 3.25. The molecular weight excluding hydrogens is 156 g/mol. The summed E-state index contributed by atoms with van der Waals surface area (Å²) in [6.45, 7) is 2.98. The molecule has 0 bridgehead atoms. The Bertz CT molecular complexity index is 288. The van der Waals surface area contributed by atoms with Crippen molar-refractivity contribution in [2.75, 3.05) is 6.67 Å². The van der Waals surface area contributed by atoms with Crippen molar-refractivity contribution in [2.24, 2.45) is 0 Å². The number of hydrogen-bond donors (Lipinski definition) is 2. The highest BCUT2D eigenvalue weighted by Crippen LogP contribution is 2.22.